The first-order chi connectivity index (χ1) is 16.0. The first-order valence-electron chi connectivity index (χ1n) is 9.71. The fourth-order valence-corrected chi connectivity index (χ4v) is 3.68. The molecule has 2 aromatic carbocycles. The summed E-state index contributed by atoms with van der Waals surface area (Å²) in [6.07, 6.45) is 1.41. The standard InChI is InChI=1S/C23H18N4O5S/c1-27-22(29)16-7-4-3-6-15(16)20(26-27)21(28)25-24-13-14-9-10-17(18(12-14)31-2)32-23(30)19-8-5-11-33-19/h3-13H,1-2H3,(H,25,28)/b24-13+. The van der Waals surface area contributed by atoms with E-state index in [2.05, 4.69) is 15.6 Å². The third-order valence-electron chi connectivity index (χ3n) is 4.66. The van der Waals surface area contributed by atoms with Crippen LogP contribution < -0.4 is 20.5 Å². The van der Waals surface area contributed by atoms with Crippen molar-refractivity contribution in [3.8, 4) is 11.5 Å². The minimum Gasteiger partial charge on any atom is -0.493 e. The van der Waals surface area contributed by atoms with Crippen LogP contribution in [0, 0.1) is 0 Å². The zero-order chi connectivity index (χ0) is 23.4. The number of carbonyl (C=O) groups is 2. The fourth-order valence-electron chi connectivity index (χ4n) is 3.08. The number of hydrogen-bond acceptors (Lipinski definition) is 8. The molecule has 0 unspecified atom stereocenters. The van der Waals surface area contributed by atoms with Gasteiger partial charge in [0.15, 0.2) is 17.2 Å². The van der Waals surface area contributed by atoms with Crippen LogP contribution in [0.2, 0.25) is 0 Å². The molecule has 33 heavy (non-hydrogen) atoms. The van der Waals surface area contributed by atoms with Gasteiger partial charge in [0.25, 0.3) is 11.5 Å². The number of esters is 1. The van der Waals surface area contributed by atoms with Crippen LogP contribution in [0.25, 0.3) is 10.8 Å². The summed E-state index contributed by atoms with van der Waals surface area (Å²) in [5.41, 5.74) is 2.80. The lowest BCUT2D eigenvalue weighted by molar-refractivity contribution is 0.0734. The molecule has 0 saturated heterocycles. The number of rotatable bonds is 6. The Labute approximate surface area is 191 Å². The third kappa shape index (κ3) is 4.65. The Hall–Kier alpha value is -4.31. The van der Waals surface area contributed by atoms with Gasteiger partial charge in [-0.05, 0) is 41.3 Å². The normalized spacial score (nSPS) is 11.0. The number of thiophene rings is 1. The van der Waals surface area contributed by atoms with E-state index in [1.807, 2.05) is 0 Å². The van der Waals surface area contributed by atoms with E-state index >= 15 is 0 Å². The third-order valence-corrected chi connectivity index (χ3v) is 5.51. The maximum Gasteiger partial charge on any atom is 0.353 e. The van der Waals surface area contributed by atoms with Gasteiger partial charge in [-0.2, -0.15) is 10.2 Å². The number of aromatic nitrogens is 2. The van der Waals surface area contributed by atoms with Gasteiger partial charge in [0.05, 0.1) is 18.7 Å². The summed E-state index contributed by atoms with van der Waals surface area (Å²) < 4.78 is 11.8. The van der Waals surface area contributed by atoms with Crippen LogP contribution in [-0.4, -0.2) is 35.0 Å². The van der Waals surface area contributed by atoms with Crippen LogP contribution >= 0.6 is 11.3 Å². The number of methoxy groups -OCH3 is 1. The summed E-state index contributed by atoms with van der Waals surface area (Å²) in [7, 11) is 2.94. The maximum atomic E-state index is 12.6. The molecular formula is C23H18N4O5S. The second-order valence-corrected chi connectivity index (χ2v) is 7.75. The molecule has 0 aliphatic heterocycles. The lowest BCUT2D eigenvalue weighted by Gasteiger charge is -2.09. The van der Waals surface area contributed by atoms with Gasteiger partial charge in [-0.25, -0.2) is 14.9 Å². The van der Waals surface area contributed by atoms with Gasteiger partial charge in [-0.15, -0.1) is 11.3 Å². The van der Waals surface area contributed by atoms with E-state index < -0.39 is 11.9 Å². The first kappa shape index (κ1) is 21.9. The topological polar surface area (TPSA) is 112 Å². The monoisotopic (exact) mass is 462 g/mol. The van der Waals surface area contributed by atoms with E-state index in [9.17, 15) is 14.4 Å². The number of nitrogens with one attached hydrogen (secondary N) is 1. The Morgan fingerprint density at radius 3 is 2.61 bits per heavy atom. The number of fused-ring (bicyclic) bond motifs is 1. The number of ether oxygens (including phenoxy) is 2. The van der Waals surface area contributed by atoms with E-state index in [0.717, 1.165) is 4.68 Å². The number of benzene rings is 2. The Balaban J connectivity index is 1.50. The van der Waals surface area contributed by atoms with Crippen molar-refractivity contribution in [2.75, 3.05) is 7.11 Å². The number of hydrogen-bond donors (Lipinski definition) is 1. The summed E-state index contributed by atoms with van der Waals surface area (Å²) in [4.78, 5) is 37.5. The molecule has 1 N–H and O–H groups in total. The summed E-state index contributed by atoms with van der Waals surface area (Å²) >= 11 is 1.28. The quantitative estimate of drug-likeness (QED) is 0.204. The zero-order valence-electron chi connectivity index (χ0n) is 17.6. The van der Waals surface area contributed by atoms with Crippen molar-refractivity contribution in [3.63, 3.8) is 0 Å². The van der Waals surface area contributed by atoms with Crippen molar-refractivity contribution < 1.29 is 19.1 Å². The molecule has 9 nitrogen and oxygen atoms in total. The Morgan fingerprint density at radius 1 is 1.09 bits per heavy atom. The summed E-state index contributed by atoms with van der Waals surface area (Å²) in [6.45, 7) is 0. The highest BCUT2D eigenvalue weighted by Crippen LogP contribution is 2.28. The maximum absolute atomic E-state index is 12.6. The van der Waals surface area contributed by atoms with Crippen LogP contribution in [-0.2, 0) is 7.05 Å². The highest BCUT2D eigenvalue weighted by molar-refractivity contribution is 7.12. The molecule has 0 fully saturated rings. The molecule has 166 valence electrons. The van der Waals surface area contributed by atoms with Crippen LogP contribution in [0.4, 0.5) is 0 Å². The molecule has 0 saturated carbocycles. The van der Waals surface area contributed by atoms with Gasteiger partial charge >= 0.3 is 5.97 Å². The molecule has 1 amide bonds. The Morgan fingerprint density at radius 2 is 1.88 bits per heavy atom. The SMILES string of the molecule is COc1cc(/C=N/NC(=O)c2nn(C)c(=O)c3ccccc23)ccc1OC(=O)c1cccs1. The summed E-state index contributed by atoms with van der Waals surface area (Å²) in [5.74, 6) is -0.445. The molecule has 0 bridgehead atoms. The van der Waals surface area contributed by atoms with Crippen molar-refractivity contribution in [1.82, 2.24) is 15.2 Å². The average molecular weight is 462 g/mol. The van der Waals surface area contributed by atoms with Crippen LogP contribution in [0.3, 0.4) is 0 Å². The molecule has 0 atom stereocenters. The van der Waals surface area contributed by atoms with Gasteiger partial charge in [-0.3, -0.25) is 9.59 Å². The van der Waals surface area contributed by atoms with Crippen molar-refractivity contribution in [2.24, 2.45) is 12.1 Å². The van der Waals surface area contributed by atoms with Crippen LogP contribution in [0.15, 0.2) is 69.9 Å². The van der Waals surface area contributed by atoms with Gasteiger partial charge < -0.3 is 9.47 Å². The largest absolute Gasteiger partial charge is 0.493 e. The molecule has 4 aromatic rings. The van der Waals surface area contributed by atoms with Crippen molar-refractivity contribution in [1.29, 1.82) is 0 Å². The summed E-state index contributed by atoms with van der Waals surface area (Å²) in [5, 5.41) is 10.6. The predicted octanol–water partition coefficient (Wildman–Crippen LogP) is 2.99. The highest BCUT2D eigenvalue weighted by atomic mass is 32.1. The lowest BCUT2D eigenvalue weighted by Crippen LogP contribution is -2.27. The molecule has 0 aliphatic carbocycles. The van der Waals surface area contributed by atoms with Gasteiger partial charge in [0.1, 0.15) is 4.88 Å². The summed E-state index contributed by atoms with van der Waals surface area (Å²) in [6, 6.07) is 15.0. The second-order valence-electron chi connectivity index (χ2n) is 6.80. The molecule has 0 radical (unpaired) electrons. The Bertz CT molecular complexity index is 1430. The number of nitrogens with zero attached hydrogens (tertiary/aromatic N) is 3. The van der Waals surface area contributed by atoms with Crippen molar-refractivity contribution >= 4 is 40.2 Å². The number of amides is 1. The van der Waals surface area contributed by atoms with Crippen molar-refractivity contribution in [2.45, 2.75) is 0 Å². The molecule has 0 aliphatic rings. The van der Waals surface area contributed by atoms with Crippen LogP contribution in [0.1, 0.15) is 25.7 Å². The average Bonchev–Trinajstić information content (AvgIpc) is 3.37. The molecule has 0 spiro atoms. The van der Waals surface area contributed by atoms with E-state index in [1.165, 1.54) is 31.7 Å². The minimum absolute atomic E-state index is 0.0817. The highest BCUT2D eigenvalue weighted by Gasteiger charge is 2.16. The van der Waals surface area contributed by atoms with E-state index in [4.69, 9.17) is 9.47 Å². The number of hydrazone groups is 1. The van der Waals surface area contributed by atoms with Crippen molar-refractivity contribution in [3.05, 3.63) is 86.5 Å². The lowest BCUT2D eigenvalue weighted by atomic mass is 10.1. The van der Waals surface area contributed by atoms with E-state index in [-0.39, 0.29) is 17.0 Å². The molecule has 4 rings (SSSR count). The van der Waals surface area contributed by atoms with Gasteiger partial charge in [0, 0.05) is 12.4 Å². The first-order valence-corrected chi connectivity index (χ1v) is 10.6. The van der Waals surface area contributed by atoms with E-state index in [1.54, 1.807) is 60.0 Å². The molecule has 2 heterocycles. The zero-order valence-corrected chi connectivity index (χ0v) is 18.5. The molecule has 10 heteroatoms. The minimum atomic E-state index is -0.563. The Kier molecular flexibility index (Phi) is 6.27. The number of aryl methyl sites for hydroxylation is 1. The fraction of sp³-hybridized carbons (Fsp3) is 0.0870. The van der Waals surface area contributed by atoms with Crippen LogP contribution in [0.5, 0.6) is 11.5 Å². The molecule has 2 aromatic heterocycles. The molecular weight excluding hydrogens is 444 g/mol. The second kappa shape index (κ2) is 9.45. The van der Waals surface area contributed by atoms with E-state index in [0.29, 0.717) is 27.0 Å². The smallest absolute Gasteiger partial charge is 0.353 e. The number of carbonyl (C=O) groups excluding carboxylic acids is 2. The van der Waals surface area contributed by atoms with Gasteiger partial charge in [0.2, 0.25) is 0 Å². The predicted molar refractivity (Wildman–Crippen MR) is 124 cm³/mol. The van der Waals surface area contributed by atoms with Gasteiger partial charge in [-0.1, -0.05) is 24.3 Å².